The van der Waals surface area contributed by atoms with Crippen molar-refractivity contribution in [2.24, 2.45) is 5.92 Å². The molecule has 1 heterocycles. The Hall–Kier alpha value is -1.61. The van der Waals surface area contributed by atoms with Gasteiger partial charge >= 0.3 is 0 Å². The number of rotatable bonds is 2. The molecule has 2 aliphatic rings. The molecule has 2 atom stereocenters. The van der Waals surface area contributed by atoms with Gasteiger partial charge in [0.15, 0.2) is 0 Å². The molecule has 0 unspecified atom stereocenters. The Labute approximate surface area is 107 Å². The van der Waals surface area contributed by atoms with Gasteiger partial charge in [-0.15, -0.1) is 0 Å². The van der Waals surface area contributed by atoms with Crippen LogP contribution >= 0.6 is 0 Å². The molecule has 1 aliphatic carbocycles. The molecule has 0 bridgehead atoms. The monoisotopic (exact) mass is 243 g/mol. The molecule has 18 heavy (non-hydrogen) atoms. The van der Waals surface area contributed by atoms with Crippen molar-refractivity contribution in [2.75, 3.05) is 13.2 Å². The fourth-order valence-corrected chi connectivity index (χ4v) is 3.04. The van der Waals surface area contributed by atoms with Crippen LogP contribution in [-0.2, 0) is 9.53 Å². The lowest BCUT2D eigenvalue weighted by molar-refractivity contribution is -0.119. The van der Waals surface area contributed by atoms with Crippen molar-refractivity contribution in [3.8, 4) is 0 Å². The van der Waals surface area contributed by atoms with Crippen molar-refractivity contribution in [3.63, 3.8) is 0 Å². The Morgan fingerprint density at radius 2 is 2.11 bits per heavy atom. The predicted molar refractivity (Wildman–Crippen MR) is 69.9 cm³/mol. The lowest BCUT2D eigenvalue weighted by Crippen LogP contribution is -2.33. The van der Waals surface area contributed by atoms with E-state index in [1.165, 1.54) is 16.7 Å². The van der Waals surface area contributed by atoms with E-state index in [4.69, 9.17) is 4.74 Å². The van der Waals surface area contributed by atoms with Crippen molar-refractivity contribution in [2.45, 2.75) is 19.4 Å². The first-order chi connectivity index (χ1) is 8.75. The molecule has 0 spiro atoms. The first-order valence-electron chi connectivity index (χ1n) is 6.39. The molecule has 1 amide bonds. The van der Waals surface area contributed by atoms with E-state index in [-0.39, 0.29) is 11.9 Å². The molecule has 3 rings (SSSR count). The number of hydrogen-bond donors (Lipinski definition) is 1. The second kappa shape index (κ2) is 4.58. The van der Waals surface area contributed by atoms with E-state index >= 15 is 0 Å². The van der Waals surface area contributed by atoms with Crippen LogP contribution < -0.4 is 5.32 Å². The molecule has 3 nitrogen and oxygen atoms in total. The zero-order valence-electron chi connectivity index (χ0n) is 10.5. The highest BCUT2D eigenvalue weighted by Gasteiger charge is 2.37. The van der Waals surface area contributed by atoms with Crippen LogP contribution in [0.15, 0.2) is 35.9 Å². The van der Waals surface area contributed by atoms with E-state index in [2.05, 4.69) is 17.4 Å². The van der Waals surface area contributed by atoms with Crippen LogP contribution in [0.4, 0.5) is 0 Å². The molecule has 1 fully saturated rings. The molecule has 1 aliphatic heterocycles. The minimum Gasteiger partial charge on any atom is -0.376 e. The van der Waals surface area contributed by atoms with Gasteiger partial charge in [0.2, 0.25) is 5.91 Å². The minimum absolute atomic E-state index is 0.0370. The summed E-state index contributed by atoms with van der Waals surface area (Å²) in [5, 5.41) is 3.07. The first kappa shape index (κ1) is 11.5. The van der Waals surface area contributed by atoms with Crippen LogP contribution in [0.1, 0.15) is 18.9 Å². The minimum atomic E-state index is 0.0370. The highest BCUT2D eigenvalue weighted by atomic mass is 16.5. The Kier molecular flexibility index (Phi) is 2.92. The van der Waals surface area contributed by atoms with E-state index in [1.807, 2.05) is 18.2 Å². The van der Waals surface area contributed by atoms with Gasteiger partial charge in [0.1, 0.15) is 0 Å². The van der Waals surface area contributed by atoms with Gasteiger partial charge in [-0.1, -0.05) is 30.3 Å². The zero-order chi connectivity index (χ0) is 12.5. The number of nitrogens with one attached hydrogen (secondary N) is 1. The molecule has 1 aromatic carbocycles. The van der Waals surface area contributed by atoms with Crippen molar-refractivity contribution in [3.05, 3.63) is 41.5 Å². The Morgan fingerprint density at radius 3 is 2.83 bits per heavy atom. The average molecular weight is 243 g/mol. The predicted octanol–water partition coefficient (Wildman–Crippen LogP) is 2.00. The van der Waals surface area contributed by atoms with Crippen molar-refractivity contribution < 1.29 is 9.53 Å². The van der Waals surface area contributed by atoms with Crippen molar-refractivity contribution in [1.29, 1.82) is 0 Å². The van der Waals surface area contributed by atoms with Crippen LogP contribution in [0, 0.1) is 5.92 Å². The van der Waals surface area contributed by atoms with E-state index < -0.39 is 0 Å². The fourth-order valence-electron chi connectivity index (χ4n) is 3.04. The molecule has 0 radical (unpaired) electrons. The summed E-state index contributed by atoms with van der Waals surface area (Å²) in [6, 6.07) is 10.5. The number of amides is 1. The SMILES string of the molecule is CC(=O)N[C@H]1C[C@@H]2COCC2=C1c1ccccc1. The van der Waals surface area contributed by atoms with E-state index in [0.717, 1.165) is 13.0 Å². The number of hydrogen-bond acceptors (Lipinski definition) is 2. The van der Waals surface area contributed by atoms with E-state index in [0.29, 0.717) is 12.5 Å². The molecule has 0 saturated carbocycles. The smallest absolute Gasteiger partial charge is 0.217 e. The van der Waals surface area contributed by atoms with Gasteiger partial charge in [-0.25, -0.2) is 0 Å². The van der Waals surface area contributed by atoms with Gasteiger partial charge in [0.05, 0.1) is 19.3 Å². The van der Waals surface area contributed by atoms with Crippen LogP contribution in [0.2, 0.25) is 0 Å². The van der Waals surface area contributed by atoms with Gasteiger partial charge in [-0.2, -0.15) is 0 Å². The van der Waals surface area contributed by atoms with E-state index in [1.54, 1.807) is 6.92 Å². The van der Waals surface area contributed by atoms with Crippen molar-refractivity contribution >= 4 is 11.5 Å². The lowest BCUT2D eigenvalue weighted by Gasteiger charge is -2.17. The summed E-state index contributed by atoms with van der Waals surface area (Å²) in [5.74, 6) is 0.520. The summed E-state index contributed by atoms with van der Waals surface area (Å²) >= 11 is 0. The number of fused-ring (bicyclic) bond motifs is 1. The fraction of sp³-hybridized carbons (Fsp3) is 0.400. The summed E-state index contributed by atoms with van der Waals surface area (Å²) < 4.78 is 5.55. The molecular formula is C15H17NO2. The quantitative estimate of drug-likeness (QED) is 0.862. The van der Waals surface area contributed by atoms with Gasteiger partial charge < -0.3 is 10.1 Å². The zero-order valence-corrected chi connectivity index (χ0v) is 10.5. The molecule has 1 aromatic rings. The number of carbonyl (C=O) groups is 1. The molecule has 3 heteroatoms. The van der Waals surface area contributed by atoms with Gasteiger partial charge in [-0.3, -0.25) is 4.79 Å². The van der Waals surface area contributed by atoms with Crippen LogP contribution in [0.5, 0.6) is 0 Å². The maximum absolute atomic E-state index is 11.3. The molecule has 1 saturated heterocycles. The van der Waals surface area contributed by atoms with E-state index in [9.17, 15) is 4.79 Å². The largest absolute Gasteiger partial charge is 0.376 e. The third-order valence-electron chi connectivity index (χ3n) is 3.75. The standard InChI is InChI=1S/C15H17NO2/c1-10(17)16-14-7-12-8-18-9-13(12)15(14)11-5-3-2-4-6-11/h2-6,12,14H,7-9H2,1H3,(H,16,17)/t12-,14+/m1/s1. The number of benzene rings is 1. The maximum atomic E-state index is 11.3. The van der Waals surface area contributed by atoms with Gasteiger partial charge in [0.25, 0.3) is 0 Å². The summed E-state index contributed by atoms with van der Waals surface area (Å²) in [7, 11) is 0. The third kappa shape index (κ3) is 1.95. The highest BCUT2D eigenvalue weighted by Crippen LogP contribution is 2.41. The van der Waals surface area contributed by atoms with Gasteiger partial charge in [0, 0.05) is 12.8 Å². The maximum Gasteiger partial charge on any atom is 0.217 e. The Balaban J connectivity index is 1.99. The van der Waals surface area contributed by atoms with Crippen LogP contribution in [0.3, 0.4) is 0 Å². The van der Waals surface area contributed by atoms with Crippen LogP contribution in [-0.4, -0.2) is 25.2 Å². The number of ether oxygens (including phenoxy) is 1. The summed E-state index contributed by atoms with van der Waals surface area (Å²) in [6.07, 6.45) is 0.971. The third-order valence-corrected chi connectivity index (χ3v) is 3.75. The highest BCUT2D eigenvalue weighted by molar-refractivity contribution is 5.82. The molecule has 94 valence electrons. The average Bonchev–Trinajstić information content (AvgIpc) is 2.89. The molecule has 0 aromatic heterocycles. The summed E-state index contributed by atoms with van der Waals surface area (Å²) in [6.45, 7) is 3.09. The topological polar surface area (TPSA) is 38.3 Å². The Morgan fingerprint density at radius 1 is 1.33 bits per heavy atom. The first-order valence-corrected chi connectivity index (χ1v) is 6.39. The summed E-state index contributed by atoms with van der Waals surface area (Å²) in [4.78, 5) is 11.3. The second-order valence-corrected chi connectivity index (χ2v) is 5.01. The molecule has 1 N–H and O–H groups in total. The number of carbonyl (C=O) groups excluding carboxylic acids is 1. The lowest BCUT2D eigenvalue weighted by atomic mass is 9.99. The normalized spacial score (nSPS) is 26.3. The van der Waals surface area contributed by atoms with Crippen molar-refractivity contribution in [1.82, 2.24) is 5.32 Å². The summed E-state index contributed by atoms with van der Waals surface area (Å²) in [5.41, 5.74) is 3.85. The second-order valence-electron chi connectivity index (χ2n) is 5.01. The Bertz CT molecular complexity index is 492. The van der Waals surface area contributed by atoms with Gasteiger partial charge in [-0.05, 0) is 23.1 Å². The molecular weight excluding hydrogens is 226 g/mol. The van der Waals surface area contributed by atoms with Crippen LogP contribution in [0.25, 0.3) is 5.57 Å².